The molecule has 10 aromatic carbocycles. The van der Waals surface area contributed by atoms with Crippen LogP contribution in [0.2, 0.25) is 0 Å². The highest BCUT2D eigenvalue weighted by Gasteiger charge is 2.41. The summed E-state index contributed by atoms with van der Waals surface area (Å²) in [6, 6.07) is 49.4. The Labute approximate surface area is 445 Å². The van der Waals surface area contributed by atoms with Crippen molar-refractivity contribution in [3.05, 3.63) is 237 Å². The minimum atomic E-state index is -5.22. The average Bonchev–Trinajstić information content (AvgIpc) is 3.91. The van der Waals surface area contributed by atoms with E-state index in [9.17, 15) is 4.39 Å². The highest BCUT2D eigenvalue weighted by atomic mass is 19.4. The summed E-state index contributed by atoms with van der Waals surface area (Å²) < 4.78 is 133. The first-order valence-electron chi connectivity index (χ1n) is 25.5. The van der Waals surface area contributed by atoms with Crippen LogP contribution in [0.3, 0.4) is 0 Å². The van der Waals surface area contributed by atoms with E-state index in [1.165, 1.54) is 9.13 Å². The SMILES string of the molecule is Cc1ccc(-c2ccc3c(c2)c2cc(-c4ccccc4C)ccc2n3-c2cc(-c3c(F)c(F)c(F)c(F)c3F)cc(-n3c4ccc(-c5ccc(C)cc5C)cc4c4cc(-c5ccc(C)cc5C)ccc43)c2C(F)(F)F)c(C)c1. The van der Waals surface area contributed by atoms with Crippen molar-refractivity contribution in [3.63, 3.8) is 0 Å². The molecular weight excluding hydrogens is 997 g/mol. The van der Waals surface area contributed by atoms with Gasteiger partial charge >= 0.3 is 6.18 Å². The number of fused-ring (bicyclic) bond motifs is 6. The van der Waals surface area contributed by atoms with E-state index in [1.54, 1.807) is 30.3 Å². The number of hydrogen-bond acceptors (Lipinski definition) is 0. The van der Waals surface area contributed by atoms with Crippen molar-refractivity contribution in [2.45, 2.75) is 54.6 Å². The Kier molecular flexibility index (Phi) is 11.9. The lowest BCUT2D eigenvalue weighted by molar-refractivity contribution is -0.137. The van der Waals surface area contributed by atoms with Gasteiger partial charge in [-0.1, -0.05) is 120 Å². The molecule has 12 aromatic rings. The van der Waals surface area contributed by atoms with Gasteiger partial charge < -0.3 is 9.13 Å². The third-order valence-electron chi connectivity index (χ3n) is 15.4. The summed E-state index contributed by atoms with van der Waals surface area (Å²) in [4.78, 5) is 0. The number of rotatable bonds is 7. The molecule has 2 heterocycles. The molecule has 78 heavy (non-hydrogen) atoms. The Morgan fingerprint density at radius 1 is 0.308 bits per heavy atom. The van der Waals surface area contributed by atoms with Gasteiger partial charge in [0.05, 0.1) is 39.0 Å². The van der Waals surface area contributed by atoms with E-state index in [-0.39, 0.29) is 0 Å². The van der Waals surface area contributed by atoms with E-state index in [2.05, 4.69) is 0 Å². The summed E-state index contributed by atoms with van der Waals surface area (Å²) >= 11 is 0. The molecule has 2 aromatic heterocycles. The Hall–Kier alpha value is -8.76. The van der Waals surface area contributed by atoms with E-state index < -0.39 is 63.3 Å². The smallest absolute Gasteiger partial charge is 0.309 e. The van der Waals surface area contributed by atoms with Crippen LogP contribution >= 0.6 is 0 Å². The molecule has 0 spiro atoms. The molecule has 0 aliphatic rings. The molecule has 0 unspecified atom stereocenters. The average molecular weight is 1050 g/mol. The van der Waals surface area contributed by atoms with Gasteiger partial charge in [0.2, 0.25) is 5.82 Å². The van der Waals surface area contributed by atoms with Gasteiger partial charge in [0.1, 0.15) is 5.56 Å². The zero-order valence-corrected chi connectivity index (χ0v) is 43.5. The first kappa shape index (κ1) is 50.1. The molecule has 0 saturated heterocycles. The number of hydrogen-bond donors (Lipinski definition) is 0. The van der Waals surface area contributed by atoms with Crippen LogP contribution in [-0.2, 0) is 6.18 Å². The predicted molar refractivity (Wildman–Crippen MR) is 300 cm³/mol. The second-order valence-corrected chi connectivity index (χ2v) is 20.7. The van der Waals surface area contributed by atoms with Crippen LogP contribution < -0.4 is 0 Å². The van der Waals surface area contributed by atoms with Crippen LogP contribution in [0.15, 0.2) is 164 Å². The fourth-order valence-corrected chi connectivity index (χ4v) is 11.8. The summed E-state index contributed by atoms with van der Waals surface area (Å²) in [6.07, 6.45) is -5.22. The second kappa shape index (κ2) is 18.5. The van der Waals surface area contributed by atoms with Gasteiger partial charge in [-0.25, -0.2) is 22.0 Å². The molecule has 0 saturated carbocycles. The van der Waals surface area contributed by atoms with Crippen molar-refractivity contribution in [2.75, 3.05) is 0 Å². The van der Waals surface area contributed by atoms with E-state index in [4.69, 9.17) is 0 Å². The van der Waals surface area contributed by atoms with Crippen molar-refractivity contribution in [1.29, 1.82) is 0 Å². The Bertz CT molecular complexity index is 4380. The Morgan fingerprint density at radius 2 is 0.628 bits per heavy atom. The molecule has 0 N–H and O–H groups in total. The first-order valence-corrected chi connectivity index (χ1v) is 25.5. The van der Waals surface area contributed by atoms with Crippen molar-refractivity contribution in [2.24, 2.45) is 0 Å². The summed E-state index contributed by atoms with van der Waals surface area (Å²) in [7, 11) is 0. The molecule has 0 bridgehead atoms. The summed E-state index contributed by atoms with van der Waals surface area (Å²) in [5, 5.41) is 2.24. The van der Waals surface area contributed by atoms with Gasteiger partial charge in [-0.15, -0.1) is 0 Å². The highest BCUT2D eigenvalue weighted by Crippen LogP contribution is 2.49. The molecule has 0 atom stereocenters. The molecule has 12 rings (SSSR count). The zero-order chi connectivity index (χ0) is 54.8. The fourth-order valence-electron chi connectivity index (χ4n) is 11.8. The lowest BCUT2D eigenvalue weighted by Gasteiger charge is -2.23. The van der Waals surface area contributed by atoms with Crippen molar-refractivity contribution in [1.82, 2.24) is 9.13 Å². The third-order valence-corrected chi connectivity index (χ3v) is 15.4. The molecule has 0 radical (unpaired) electrons. The van der Waals surface area contributed by atoms with E-state index >= 15 is 30.7 Å². The second-order valence-electron chi connectivity index (χ2n) is 20.7. The maximum atomic E-state index is 17.0. The molecule has 0 aliphatic heterocycles. The molecule has 0 amide bonds. The predicted octanol–water partition coefficient (Wildman–Crippen LogP) is 20.1. The van der Waals surface area contributed by atoms with Crippen LogP contribution in [0.25, 0.3) is 111 Å². The molecule has 0 aliphatic carbocycles. The first-order chi connectivity index (χ1) is 37.3. The van der Waals surface area contributed by atoms with Gasteiger partial charge in [-0.3, -0.25) is 0 Å². The van der Waals surface area contributed by atoms with Crippen molar-refractivity contribution in [3.8, 4) is 67.0 Å². The fraction of sp³-hybridized carbons (Fsp3) is 0.118. The minimum Gasteiger partial charge on any atom is -0.309 e. The number of alkyl halides is 3. The number of nitrogens with zero attached hydrogens (tertiary/aromatic N) is 2. The standard InChI is InChI=1S/C68H48F8N2/c1-35-12-19-48(39(5)26-35)43-16-23-56-52(30-43)51-29-42(47-11-9-8-10-38(47)4)15-22-55(51)77(56)59-33-46(61-63(69)65(71)67(73)66(72)64(61)70)34-60(62(59)68(74,75)76)78-57-24-17-44(49-20-13-36(2)27-40(49)6)31-53(57)54-32-45(18-25-58(54)78)50-21-14-37(3)28-41(50)7/h8-34H,1-7H3. The summed E-state index contributed by atoms with van der Waals surface area (Å²) in [5.74, 6) is -11.2. The highest BCUT2D eigenvalue weighted by molar-refractivity contribution is 6.14. The number of halogens is 8. The molecule has 0 fully saturated rings. The molecule has 10 heteroatoms. The topological polar surface area (TPSA) is 9.86 Å². The Morgan fingerprint density at radius 3 is 0.949 bits per heavy atom. The summed E-state index contributed by atoms with van der Waals surface area (Å²) in [6.45, 7) is 13.9. The van der Waals surface area contributed by atoms with Crippen LogP contribution in [0, 0.1) is 77.6 Å². The maximum Gasteiger partial charge on any atom is 0.420 e. The molecular formula is C68H48F8N2. The van der Waals surface area contributed by atoms with E-state index in [0.29, 0.717) is 43.6 Å². The van der Waals surface area contributed by atoms with Crippen LogP contribution in [0.5, 0.6) is 0 Å². The largest absolute Gasteiger partial charge is 0.420 e. The lowest BCUT2D eigenvalue weighted by atomic mass is 9.95. The molecule has 2 nitrogen and oxygen atoms in total. The number of benzene rings is 10. The van der Waals surface area contributed by atoms with Crippen molar-refractivity contribution >= 4 is 43.6 Å². The van der Waals surface area contributed by atoms with Crippen LogP contribution in [-0.4, -0.2) is 9.13 Å². The zero-order valence-electron chi connectivity index (χ0n) is 43.5. The van der Waals surface area contributed by atoms with Crippen LogP contribution in [0.1, 0.15) is 44.5 Å². The van der Waals surface area contributed by atoms with Gasteiger partial charge in [0, 0.05) is 21.5 Å². The van der Waals surface area contributed by atoms with Gasteiger partial charge in [0.25, 0.3) is 0 Å². The summed E-state index contributed by atoms with van der Waals surface area (Å²) in [5.41, 5.74) is 10.5. The van der Waals surface area contributed by atoms with Gasteiger partial charge in [-0.2, -0.15) is 13.2 Å². The lowest BCUT2D eigenvalue weighted by Crippen LogP contribution is -2.16. The van der Waals surface area contributed by atoms with E-state index in [1.807, 2.05) is 170 Å². The third kappa shape index (κ3) is 8.07. The Balaban J connectivity index is 1.24. The number of aromatic nitrogens is 2. The quantitative estimate of drug-likeness (QED) is 0.0855. The monoisotopic (exact) mass is 1040 g/mol. The normalized spacial score (nSPS) is 12.0. The van der Waals surface area contributed by atoms with Crippen LogP contribution in [0.4, 0.5) is 35.1 Å². The minimum absolute atomic E-state index is 0.296. The van der Waals surface area contributed by atoms with Gasteiger partial charge in [-0.05, 0) is 181 Å². The maximum absolute atomic E-state index is 17.0. The van der Waals surface area contributed by atoms with E-state index in [0.717, 1.165) is 95.6 Å². The molecule has 386 valence electrons. The van der Waals surface area contributed by atoms with Gasteiger partial charge in [0.15, 0.2) is 23.3 Å². The number of aryl methyl sites for hydroxylation is 7. The van der Waals surface area contributed by atoms with Crippen molar-refractivity contribution < 1.29 is 35.1 Å².